The lowest BCUT2D eigenvalue weighted by molar-refractivity contribution is 1.20. The second-order valence-corrected chi connectivity index (χ2v) is 6.89. The first kappa shape index (κ1) is 14.3. The maximum atomic E-state index is 5.01. The molecule has 112 valence electrons. The lowest BCUT2D eigenvalue weighted by atomic mass is 10.0. The Morgan fingerprint density at radius 2 is 1.52 bits per heavy atom. The molecular weight excluding hydrogens is 298 g/mol. The molecular formula is C21H17NS. The van der Waals surface area contributed by atoms with Gasteiger partial charge in [0.2, 0.25) is 0 Å². The molecule has 1 aliphatic rings. The van der Waals surface area contributed by atoms with Crippen molar-refractivity contribution in [1.29, 1.82) is 0 Å². The van der Waals surface area contributed by atoms with Gasteiger partial charge in [0.25, 0.3) is 0 Å². The first-order chi connectivity index (χ1) is 11.3. The Hall–Kier alpha value is -2.32. The number of fused-ring (bicyclic) bond motifs is 1. The predicted molar refractivity (Wildman–Crippen MR) is 98.9 cm³/mol. The minimum absolute atomic E-state index is 0.230. The highest BCUT2D eigenvalue weighted by atomic mass is 32.2. The van der Waals surface area contributed by atoms with Crippen LogP contribution >= 0.6 is 11.8 Å². The maximum Gasteiger partial charge on any atom is 0.0773 e. The van der Waals surface area contributed by atoms with Gasteiger partial charge in [0.1, 0.15) is 0 Å². The van der Waals surface area contributed by atoms with E-state index in [-0.39, 0.29) is 5.25 Å². The molecule has 1 nitrogen and oxygen atoms in total. The standard InChI is InChI=1S/C21H17NS/c1-15-12-13-18-19(14-15)23-21(17-10-6-3-7-11-17)20(22-18)16-8-4-2-5-9-16/h2-14,21H,1H3. The van der Waals surface area contributed by atoms with Crippen LogP contribution in [0, 0.1) is 6.92 Å². The van der Waals surface area contributed by atoms with Crippen LogP contribution in [-0.4, -0.2) is 5.71 Å². The summed E-state index contributed by atoms with van der Waals surface area (Å²) in [4.78, 5) is 6.27. The summed E-state index contributed by atoms with van der Waals surface area (Å²) < 4.78 is 0. The molecule has 0 fully saturated rings. The average Bonchev–Trinajstić information content (AvgIpc) is 2.62. The third-order valence-electron chi connectivity index (χ3n) is 4.02. The number of hydrogen-bond acceptors (Lipinski definition) is 2. The number of rotatable bonds is 2. The molecule has 1 unspecified atom stereocenters. The lowest BCUT2D eigenvalue weighted by Gasteiger charge is -2.25. The van der Waals surface area contributed by atoms with E-state index in [1.807, 2.05) is 11.8 Å². The number of hydrogen-bond donors (Lipinski definition) is 0. The zero-order valence-electron chi connectivity index (χ0n) is 12.9. The smallest absolute Gasteiger partial charge is 0.0773 e. The minimum atomic E-state index is 0.230. The van der Waals surface area contributed by atoms with Crippen molar-refractivity contribution >= 4 is 23.2 Å². The van der Waals surface area contributed by atoms with Crippen molar-refractivity contribution in [2.24, 2.45) is 4.99 Å². The molecule has 0 amide bonds. The van der Waals surface area contributed by atoms with Crippen LogP contribution in [0.25, 0.3) is 0 Å². The third kappa shape index (κ3) is 2.82. The zero-order chi connectivity index (χ0) is 15.6. The van der Waals surface area contributed by atoms with Crippen molar-refractivity contribution in [2.45, 2.75) is 17.1 Å². The molecule has 23 heavy (non-hydrogen) atoms. The maximum absolute atomic E-state index is 5.01. The second kappa shape index (κ2) is 6.05. The average molecular weight is 315 g/mol. The van der Waals surface area contributed by atoms with Gasteiger partial charge in [0, 0.05) is 4.90 Å². The fourth-order valence-electron chi connectivity index (χ4n) is 2.86. The molecule has 4 rings (SSSR count). The van der Waals surface area contributed by atoms with Crippen LogP contribution in [0.4, 0.5) is 5.69 Å². The van der Waals surface area contributed by atoms with E-state index < -0.39 is 0 Å². The molecule has 0 spiro atoms. The highest BCUT2D eigenvalue weighted by Crippen LogP contribution is 2.47. The van der Waals surface area contributed by atoms with Gasteiger partial charge in [-0.25, -0.2) is 0 Å². The van der Waals surface area contributed by atoms with Crippen LogP contribution in [0.3, 0.4) is 0 Å². The monoisotopic (exact) mass is 315 g/mol. The summed E-state index contributed by atoms with van der Waals surface area (Å²) >= 11 is 1.90. The van der Waals surface area contributed by atoms with Gasteiger partial charge in [0.15, 0.2) is 0 Å². The van der Waals surface area contributed by atoms with Gasteiger partial charge in [-0.15, -0.1) is 11.8 Å². The second-order valence-electron chi connectivity index (χ2n) is 5.74. The van der Waals surface area contributed by atoms with E-state index in [1.165, 1.54) is 21.6 Å². The quantitative estimate of drug-likeness (QED) is 0.568. The molecule has 3 aromatic carbocycles. The SMILES string of the molecule is Cc1ccc2c(c1)SC(c1ccccc1)C(c1ccccc1)=N2. The summed E-state index contributed by atoms with van der Waals surface area (Å²) in [5.74, 6) is 0. The fourth-order valence-corrected chi connectivity index (χ4v) is 4.19. The predicted octanol–water partition coefficient (Wildman–Crippen LogP) is 5.96. The van der Waals surface area contributed by atoms with Crippen LogP contribution in [0.5, 0.6) is 0 Å². The molecule has 0 saturated carbocycles. The number of thioether (sulfide) groups is 1. The van der Waals surface area contributed by atoms with Crippen molar-refractivity contribution < 1.29 is 0 Å². The number of benzene rings is 3. The van der Waals surface area contributed by atoms with E-state index in [4.69, 9.17) is 4.99 Å². The highest BCUT2D eigenvalue weighted by Gasteiger charge is 2.26. The molecule has 0 saturated heterocycles. The number of nitrogens with zero attached hydrogens (tertiary/aromatic N) is 1. The molecule has 1 heterocycles. The van der Waals surface area contributed by atoms with Gasteiger partial charge in [-0.05, 0) is 35.7 Å². The largest absolute Gasteiger partial charge is 0.250 e. The minimum Gasteiger partial charge on any atom is -0.250 e. The van der Waals surface area contributed by atoms with Gasteiger partial charge >= 0.3 is 0 Å². The highest BCUT2D eigenvalue weighted by molar-refractivity contribution is 8.00. The van der Waals surface area contributed by atoms with Crippen LogP contribution < -0.4 is 0 Å². The summed E-state index contributed by atoms with van der Waals surface area (Å²) in [5, 5.41) is 0.230. The van der Waals surface area contributed by atoms with Gasteiger partial charge < -0.3 is 0 Å². The van der Waals surface area contributed by atoms with E-state index in [0.717, 1.165) is 11.4 Å². The molecule has 0 radical (unpaired) electrons. The third-order valence-corrected chi connectivity index (χ3v) is 5.33. The Balaban J connectivity index is 1.88. The van der Waals surface area contributed by atoms with Crippen molar-refractivity contribution in [3.63, 3.8) is 0 Å². The Bertz CT molecular complexity index is 854. The van der Waals surface area contributed by atoms with Gasteiger partial charge in [-0.2, -0.15) is 0 Å². The van der Waals surface area contributed by atoms with E-state index in [1.54, 1.807) is 0 Å². The first-order valence-electron chi connectivity index (χ1n) is 7.77. The van der Waals surface area contributed by atoms with Crippen LogP contribution in [0.2, 0.25) is 0 Å². The Morgan fingerprint density at radius 1 is 0.826 bits per heavy atom. The summed E-state index contributed by atoms with van der Waals surface area (Å²) in [6, 6.07) is 27.6. The van der Waals surface area contributed by atoms with Crippen LogP contribution in [-0.2, 0) is 0 Å². The lowest BCUT2D eigenvalue weighted by Crippen LogP contribution is -2.14. The van der Waals surface area contributed by atoms with Crippen LogP contribution in [0.1, 0.15) is 21.9 Å². The molecule has 1 atom stereocenters. The van der Waals surface area contributed by atoms with Crippen molar-refractivity contribution in [3.05, 3.63) is 95.6 Å². The van der Waals surface area contributed by atoms with E-state index in [9.17, 15) is 0 Å². The Kier molecular flexibility index (Phi) is 3.76. The Morgan fingerprint density at radius 3 is 2.26 bits per heavy atom. The molecule has 1 aliphatic heterocycles. The van der Waals surface area contributed by atoms with Gasteiger partial charge in [0.05, 0.1) is 16.6 Å². The molecule has 3 aromatic rings. The zero-order valence-corrected chi connectivity index (χ0v) is 13.8. The van der Waals surface area contributed by atoms with Gasteiger partial charge in [-0.3, -0.25) is 4.99 Å². The van der Waals surface area contributed by atoms with E-state index in [2.05, 4.69) is 85.8 Å². The topological polar surface area (TPSA) is 12.4 Å². The van der Waals surface area contributed by atoms with Crippen molar-refractivity contribution in [1.82, 2.24) is 0 Å². The molecule has 2 heteroatoms. The van der Waals surface area contributed by atoms with E-state index >= 15 is 0 Å². The first-order valence-corrected chi connectivity index (χ1v) is 8.65. The summed E-state index contributed by atoms with van der Waals surface area (Å²) in [5.41, 5.74) is 5.98. The Labute approximate surface area is 141 Å². The number of aryl methyl sites for hydroxylation is 1. The summed E-state index contributed by atoms with van der Waals surface area (Å²) in [6.07, 6.45) is 0. The molecule has 0 N–H and O–H groups in total. The normalized spacial score (nSPS) is 16.6. The van der Waals surface area contributed by atoms with Crippen molar-refractivity contribution in [2.75, 3.05) is 0 Å². The summed E-state index contributed by atoms with van der Waals surface area (Å²) in [6.45, 7) is 2.13. The molecule has 0 aromatic heterocycles. The molecule has 0 aliphatic carbocycles. The van der Waals surface area contributed by atoms with Crippen LogP contribution in [0.15, 0.2) is 88.8 Å². The number of aliphatic imine (C=N–C) groups is 1. The summed E-state index contributed by atoms with van der Waals surface area (Å²) in [7, 11) is 0. The fraction of sp³-hybridized carbons (Fsp3) is 0.0952. The molecule has 0 bridgehead atoms. The van der Waals surface area contributed by atoms with Crippen molar-refractivity contribution in [3.8, 4) is 0 Å². The van der Waals surface area contributed by atoms with Gasteiger partial charge in [-0.1, -0.05) is 66.7 Å². The van der Waals surface area contributed by atoms with E-state index in [0.29, 0.717) is 0 Å².